The number of piperazine rings is 1. The summed E-state index contributed by atoms with van der Waals surface area (Å²) in [6.07, 6.45) is 0. The zero-order valence-electron chi connectivity index (χ0n) is 12.7. The molecule has 0 unspecified atom stereocenters. The molecule has 1 aromatic heterocycles. The quantitative estimate of drug-likeness (QED) is 0.826. The summed E-state index contributed by atoms with van der Waals surface area (Å²) >= 11 is -0.133. The van der Waals surface area contributed by atoms with E-state index in [-0.39, 0.29) is 14.5 Å². The molecule has 1 saturated heterocycles. The molecule has 5 nitrogen and oxygen atoms in total. The molecule has 0 radical (unpaired) electrons. The van der Waals surface area contributed by atoms with Crippen LogP contribution in [0.2, 0.25) is 0 Å². The summed E-state index contributed by atoms with van der Waals surface area (Å²) < 4.78 is 1.56. The third-order valence-electron chi connectivity index (χ3n) is 4.05. The number of hydrogen-bond acceptors (Lipinski definition) is 5. The van der Waals surface area contributed by atoms with E-state index in [1.807, 2.05) is 6.07 Å². The van der Waals surface area contributed by atoms with E-state index in [9.17, 15) is 5.26 Å². The van der Waals surface area contributed by atoms with Crippen LogP contribution >= 0.6 is 0 Å². The average Bonchev–Trinajstić information content (AvgIpc) is 2.92. The van der Waals surface area contributed by atoms with Crippen LogP contribution in [0.3, 0.4) is 0 Å². The fourth-order valence-corrected chi connectivity index (χ4v) is 4.94. The van der Waals surface area contributed by atoms with Crippen LogP contribution < -0.4 is 10.6 Å². The molecular weight excluding hydrogens is 353 g/mol. The zero-order valence-corrected chi connectivity index (χ0v) is 14.4. The molecule has 1 aliphatic heterocycles. The molecule has 0 atom stereocenters. The Morgan fingerprint density at radius 3 is 2.35 bits per heavy atom. The standard InChI is InChI=1S/C17H17N5Se/c18-10-14-16(20)15(11-19)23-17(14)22-8-6-21(7-9-22)12-13-4-2-1-3-5-13/h1-5H,6-9,12,20H2. The Morgan fingerprint density at radius 1 is 1.04 bits per heavy atom. The van der Waals surface area contributed by atoms with Gasteiger partial charge in [0.25, 0.3) is 0 Å². The number of nitriles is 2. The molecule has 1 fully saturated rings. The van der Waals surface area contributed by atoms with Gasteiger partial charge in [0.05, 0.1) is 0 Å². The molecule has 116 valence electrons. The van der Waals surface area contributed by atoms with Gasteiger partial charge in [0, 0.05) is 0 Å². The maximum absolute atomic E-state index is 9.34. The van der Waals surface area contributed by atoms with Crippen LogP contribution in [0.5, 0.6) is 0 Å². The monoisotopic (exact) mass is 371 g/mol. The van der Waals surface area contributed by atoms with Crippen molar-refractivity contribution >= 4 is 24.8 Å². The van der Waals surface area contributed by atoms with Crippen molar-refractivity contribution in [1.29, 1.82) is 10.5 Å². The van der Waals surface area contributed by atoms with Crippen molar-refractivity contribution in [2.45, 2.75) is 6.54 Å². The first-order valence-corrected chi connectivity index (χ1v) is 9.18. The Morgan fingerprint density at radius 2 is 1.74 bits per heavy atom. The van der Waals surface area contributed by atoms with Gasteiger partial charge in [-0.1, -0.05) is 0 Å². The number of nitrogen functional groups attached to an aromatic ring is 1. The Bertz CT molecular complexity index is 761. The predicted octanol–water partition coefficient (Wildman–Crippen LogP) is 1.39. The summed E-state index contributed by atoms with van der Waals surface area (Å²) in [5, 5.41) is 18.5. The molecule has 2 heterocycles. The minimum atomic E-state index is -0.133. The van der Waals surface area contributed by atoms with Crippen molar-refractivity contribution in [2.24, 2.45) is 0 Å². The van der Waals surface area contributed by atoms with Gasteiger partial charge in [-0.2, -0.15) is 0 Å². The average molecular weight is 370 g/mol. The van der Waals surface area contributed by atoms with Gasteiger partial charge in [-0.05, 0) is 0 Å². The number of nitrogens with zero attached hydrogens (tertiary/aromatic N) is 4. The van der Waals surface area contributed by atoms with Gasteiger partial charge in [0.2, 0.25) is 0 Å². The molecule has 23 heavy (non-hydrogen) atoms. The van der Waals surface area contributed by atoms with Crippen LogP contribution in [0.15, 0.2) is 30.3 Å². The van der Waals surface area contributed by atoms with E-state index in [1.54, 1.807) is 0 Å². The molecule has 0 amide bonds. The van der Waals surface area contributed by atoms with Crippen LogP contribution in [0.4, 0.5) is 10.2 Å². The van der Waals surface area contributed by atoms with E-state index in [0.29, 0.717) is 15.7 Å². The van der Waals surface area contributed by atoms with E-state index in [1.165, 1.54) is 5.56 Å². The van der Waals surface area contributed by atoms with Gasteiger partial charge in [-0.3, -0.25) is 0 Å². The molecule has 2 aromatic rings. The Labute approximate surface area is 141 Å². The van der Waals surface area contributed by atoms with Crippen LogP contribution in [0.1, 0.15) is 15.6 Å². The number of hydrogen-bond donors (Lipinski definition) is 1. The molecule has 3 rings (SSSR count). The summed E-state index contributed by atoms with van der Waals surface area (Å²) in [6, 6.07) is 14.8. The summed E-state index contributed by atoms with van der Waals surface area (Å²) in [4.78, 5) is 4.65. The summed E-state index contributed by atoms with van der Waals surface area (Å²) in [5.74, 6) is 0. The Hall–Kier alpha value is -2.24. The Balaban J connectivity index is 1.68. The Kier molecular flexibility index (Phi) is 4.69. The number of benzene rings is 1. The van der Waals surface area contributed by atoms with E-state index in [0.717, 1.165) is 37.3 Å². The van der Waals surface area contributed by atoms with Gasteiger partial charge < -0.3 is 0 Å². The van der Waals surface area contributed by atoms with Gasteiger partial charge in [0.15, 0.2) is 0 Å². The van der Waals surface area contributed by atoms with E-state index in [2.05, 4.69) is 46.2 Å². The van der Waals surface area contributed by atoms with Crippen LogP contribution in [-0.2, 0) is 6.54 Å². The van der Waals surface area contributed by atoms with Gasteiger partial charge in [-0.25, -0.2) is 0 Å². The SMILES string of the molecule is N#Cc1[se]c(N2CCN(Cc3ccccc3)CC2)c(C#N)c1N. The summed E-state index contributed by atoms with van der Waals surface area (Å²) in [7, 11) is 0. The molecule has 0 aliphatic carbocycles. The van der Waals surface area contributed by atoms with E-state index < -0.39 is 0 Å². The summed E-state index contributed by atoms with van der Waals surface area (Å²) in [6.45, 7) is 4.61. The number of nitrogens with two attached hydrogens (primary N) is 1. The molecule has 1 aromatic carbocycles. The normalized spacial score (nSPS) is 15.1. The predicted molar refractivity (Wildman–Crippen MR) is 91.2 cm³/mol. The van der Waals surface area contributed by atoms with Crippen molar-refractivity contribution in [1.82, 2.24) is 4.90 Å². The second-order valence-corrected chi connectivity index (χ2v) is 7.59. The maximum atomic E-state index is 9.34. The van der Waals surface area contributed by atoms with E-state index >= 15 is 0 Å². The van der Waals surface area contributed by atoms with Gasteiger partial charge >= 0.3 is 142 Å². The van der Waals surface area contributed by atoms with Crippen molar-refractivity contribution in [2.75, 3.05) is 36.8 Å². The van der Waals surface area contributed by atoms with Gasteiger partial charge in [0.1, 0.15) is 0 Å². The van der Waals surface area contributed by atoms with Gasteiger partial charge in [-0.15, -0.1) is 0 Å². The van der Waals surface area contributed by atoms with Crippen molar-refractivity contribution in [3.05, 3.63) is 45.9 Å². The van der Waals surface area contributed by atoms with Crippen molar-refractivity contribution in [3.8, 4) is 12.1 Å². The first-order chi connectivity index (χ1) is 11.2. The molecule has 1 aliphatic rings. The third kappa shape index (κ3) is 3.25. The molecule has 2 N–H and O–H groups in total. The molecule has 0 bridgehead atoms. The fourth-order valence-electron chi connectivity index (χ4n) is 2.80. The third-order valence-corrected chi connectivity index (χ3v) is 6.51. The first kappa shape index (κ1) is 15.6. The summed E-state index contributed by atoms with van der Waals surface area (Å²) in [5.41, 5.74) is 8.14. The van der Waals surface area contributed by atoms with Crippen LogP contribution in [-0.4, -0.2) is 45.6 Å². The van der Waals surface area contributed by atoms with Crippen molar-refractivity contribution < 1.29 is 0 Å². The zero-order chi connectivity index (χ0) is 16.2. The van der Waals surface area contributed by atoms with Crippen LogP contribution in [0.25, 0.3) is 0 Å². The molecular formula is C17H17N5Se. The second-order valence-electron chi connectivity index (χ2n) is 5.50. The molecule has 6 heteroatoms. The molecule has 0 spiro atoms. The van der Waals surface area contributed by atoms with E-state index in [4.69, 9.17) is 11.0 Å². The fraction of sp³-hybridized carbons (Fsp3) is 0.294. The number of rotatable bonds is 3. The van der Waals surface area contributed by atoms with Crippen LogP contribution in [0, 0.1) is 22.7 Å². The number of anilines is 2. The van der Waals surface area contributed by atoms with Crippen molar-refractivity contribution in [3.63, 3.8) is 0 Å². The first-order valence-electron chi connectivity index (χ1n) is 7.46. The molecule has 0 saturated carbocycles. The second kappa shape index (κ2) is 6.89. The topological polar surface area (TPSA) is 80.1 Å². The minimum absolute atomic E-state index is 0.133.